The summed E-state index contributed by atoms with van der Waals surface area (Å²) in [6, 6.07) is 0. The Labute approximate surface area is 90.0 Å². The smallest absolute Gasteiger partial charge is 0.00649 e. The molecule has 0 heterocycles. The van der Waals surface area contributed by atoms with Crippen LogP contribution in [0.1, 0.15) is 34.1 Å². The minimum atomic E-state index is 0.456. The van der Waals surface area contributed by atoms with Crippen LogP contribution in [0.5, 0.6) is 0 Å². The molecule has 0 saturated carbocycles. The number of hydrogen-bond donors (Lipinski definition) is 0. The molecule has 0 aliphatic carbocycles. The summed E-state index contributed by atoms with van der Waals surface area (Å²) in [5.41, 5.74) is 0.456. The van der Waals surface area contributed by atoms with Crippen molar-refractivity contribution in [2.24, 2.45) is 11.3 Å². The van der Waals surface area contributed by atoms with Gasteiger partial charge in [0.25, 0.3) is 0 Å². The molecule has 12 heavy (non-hydrogen) atoms. The Bertz CT molecular complexity index is 107. The molecule has 0 aromatic heterocycles. The lowest BCUT2D eigenvalue weighted by molar-refractivity contribution is 0.263. The summed E-state index contributed by atoms with van der Waals surface area (Å²) in [5, 5.41) is 1.14. The fourth-order valence-corrected chi connectivity index (χ4v) is 3.15. The van der Waals surface area contributed by atoms with Gasteiger partial charge in [-0.05, 0) is 29.3 Å². The Morgan fingerprint density at radius 3 is 2.25 bits per heavy atom. The number of hydrogen-bond acceptors (Lipinski definition) is 1. The number of halogens is 1. The minimum Gasteiger partial charge on any atom is -0.162 e. The van der Waals surface area contributed by atoms with E-state index in [-0.39, 0.29) is 0 Å². The van der Waals surface area contributed by atoms with Crippen LogP contribution in [0.4, 0.5) is 0 Å². The molecule has 0 saturated heterocycles. The quantitative estimate of drug-likeness (QED) is 0.523. The molecule has 0 aliphatic rings. The molecule has 0 rings (SSSR count). The number of alkyl halides is 1. The van der Waals surface area contributed by atoms with Gasteiger partial charge in [-0.15, -0.1) is 0 Å². The first-order chi connectivity index (χ1) is 5.52. The maximum absolute atomic E-state index is 3.59. The van der Waals surface area contributed by atoms with E-state index in [2.05, 4.69) is 43.6 Å². The first-order valence-electron chi connectivity index (χ1n) is 4.66. The van der Waals surface area contributed by atoms with Gasteiger partial charge in [0.2, 0.25) is 0 Å². The van der Waals surface area contributed by atoms with E-state index in [9.17, 15) is 0 Å². The van der Waals surface area contributed by atoms with E-state index in [0.717, 1.165) is 11.2 Å². The topological polar surface area (TPSA) is 0 Å². The van der Waals surface area contributed by atoms with Gasteiger partial charge in [-0.25, -0.2) is 0 Å². The summed E-state index contributed by atoms with van der Waals surface area (Å²) < 4.78 is 0. The molecule has 2 heteroatoms. The van der Waals surface area contributed by atoms with Gasteiger partial charge in [-0.1, -0.05) is 43.6 Å². The standard InChI is InChI=1S/C10H21BrS/c1-5-12-7-6-9(8-11)10(2,3)4/h9H,5-8H2,1-4H3. The first-order valence-corrected chi connectivity index (χ1v) is 6.93. The third-order valence-electron chi connectivity index (χ3n) is 2.23. The van der Waals surface area contributed by atoms with Gasteiger partial charge in [-0.2, -0.15) is 11.8 Å². The maximum Gasteiger partial charge on any atom is 0.00649 e. The largest absolute Gasteiger partial charge is 0.162 e. The van der Waals surface area contributed by atoms with Crippen molar-refractivity contribution in [3.8, 4) is 0 Å². The molecule has 0 spiro atoms. The van der Waals surface area contributed by atoms with Crippen LogP contribution in [0.15, 0.2) is 0 Å². The Morgan fingerprint density at radius 2 is 1.92 bits per heavy atom. The molecule has 1 unspecified atom stereocenters. The van der Waals surface area contributed by atoms with Crippen molar-refractivity contribution in [2.45, 2.75) is 34.1 Å². The molecule has 0 aromatic carbocycles. The van der Waals surface area contributed by atoms with Crippen LogP contribution in [0.2, 0.25) is 0 Å². The van der Waals surface area contributed by atoms with Gasteiger partial charge in [0, 0.05) is 5.33 Å². The van der Waals surface area contributed by atoms with E-state index < -0.39 is 0 Å². The molecule has 0 radical (unpaired) electrons. The molecule has 0 fully saturated rings. The van der Waals surface area contributed by atoms with E-state index in [1.807, 2.05) is 11.8 Å². The number of rotatable bonds is 5. The average Bonchev–Trinajstić information content (AvgIpc) is 1.95. The Morgan fingerprint density at radius 1 is 1.33 bits per heavy atom. The molecule has 74 valence electrons. The van der Waals surface area contributed by atoms with Crippen molar-refractivity contribution in [1.82, 2.24) is 0 Å². The Balaban J connectivity index is 3.68. The Hall–Kier alpha value is 0.830. The summed E-state index contributed by atoms with van der Waals surface area (Å²) in [6.07, 6.45) is 1.34. The highest BCUT2D eigenvalue weighted by Gasteiger charge is 2.22. The van der Waals surface area contributed by atoms with Gasteiger partial charge in [-0.3, -0.25) is 0 Å². The van der Waals surface area contributed by atoms with Crippen molar-refractivity contribution in [3.05, 3.63) is 0 Å². The van der Waals surface area contributed by atoms with Gasteiger partial charge in [0.1, 0.15) is 0 Å². The molecule has 0 aromatic rings. The highest BCUT2D eigenvalue weighted by atomic mass is 79.9. The van der Waals surface area contributed by atoms with Crippen LogP contribution in [0, 0.1) is 11.3 Å². The SMILES string of the molecule is CCSCCC(CBr)C(C)(C)C. The molecular weight excluding hydrogens is 232 g/mol. The molecule has 0 nitrogen and oxygen atoms in total. The number of thioether (sulfide) groups is 1. The fourth-order valence-electron chi connectivity index (χ4n) is 1.11. The zero-order chi connectivity index (χ0) is 9.61. The lowest BCUT2D eigenvalue weighted by atomic mass is 9.80. The van der Waals surface area contributed by atoms with Crippen molar-refractivity contribution in [3.63, 3.8) is 0 Å². The van der Waals surface area contributed by atoms with E-state index in [1.165, 1.54) is 17.9 Å². The molecule has 0 amide bonds. The predicted molar refractivity (Wildman–Crippen MR) is 64.4 cm³/mol. The Kier molecular flexibility index (Phi) is 6.75. The normalized spacial score (nSPS) is 14.8. The maximum atomic E-state index is 3.59. The van der Waals surface area contributed by atoms with Crippen molar-refractivity contribution >= 4 is 27.7 Å². The third kappa shape index (κ3) is 5.47. The highest BCUT2D eigenvalue weighted by molar-refractivity contribution is 9.09. The molecule has 0 bridgehead atoms. The minimum absolute atomic E-state index is 0.456. The van der Waals surface area contributed by atoms with Crippen LogP contribution in [0.3, 0.4) is 0 Å². The second-order valence-electron chi connectivity index (χ2n) is 4.20. The second kappa shape index (κ2) is 6.31. The lowest BCUT2D eigenvalue weighted by Crippen LogP contribution is -2.22. The summed E-state index contributed by atoms with van der Waals surface area (Å²) in [4.78, 5) is 0. The van der Waals surface area contributed by atoms with Crippen molar-refractivity contribution in [1.29, 1.82) is 0 Å². The van der Waals surface area contributed by atoms with Gasteiger partial charge < -0.3 is 0 Å². The molecule has 0 aliphatic heterocycles. The van der Waals surface area contributed by atoms with Crippen LogP contribution >= 0.6 is 27.7 Å². The second-order valence-corrected chi connectivity index (χ2v) is 6.24. The van der Waals surface area contributed by atoms with E-state index in [4.69, 9.17) is 0 Å². The summed E-state index contributed by atoms with van der Waals surface area (Å²) >= 11 is 5.64. The van der Waals surface area contributed by atoms with Crippen LogP contribution in [0.25, 0.3) is 0 Å². The molecule has 0 N–H and O–H groups in total. The highest BCUT2D eigenvalue weighted by Crippen LogP contribution is 2.31. The van der Waals surface area contributed by atoms with Crippen LogP contribution < -0.4 is 0 Å². The van der Waals surface area contributed by atoms with Crippen molar-refractivity contribution < 1.29 is 0 Å². The van der Waals surface area contributed by atoms with E-state index >= 15 is 0 Å². The zero-order valence-corrected chi connectivity index (χ0v) is 11.1. The van der Waals surface area contributed by atoms with Gasteiger partial charge in [0.15, 0.2) is 0 Å². The van der Waals surface area contributed by atoms with Gasteiger partial charge in [0.05, 0.1) is 0 Å². The van der Waals surface area contributed by atoms with E-state index in [0.29, 0.717) is 5.41 Å². The third-order valence-corrected chi connectivity index (χ3v) is 3.94. The molecule has 1 atom stereocenters. The lowest BCUT2D eigenvalue weighted by Gasteiger charge is -2.28. The fraction of sp³-hybridized carbons (Fsp3) is 1.00. The molecular formula is C10H21BrS. The van der Waals surface area contributed by atoms with E-state index in [1.54, 1.807) is 0 Å². The van der Waals surface area contributed by atoms with Gasteiger partial charge >= 0.3 is 0 Å². The zero-order valence-electron chi connectivity index (χ0n) is 8.69. The summed E-state index contributed by atoms with van der Waals surface area (Å²) in [6.45, 7) is 9.21. The average molecular weight is 253 g/mol. The predicted octanol–water partition coefficient (Wildman–Crippen LogP) is 4.19. The first kappa shape index (κ1) is 12.8. The summed E-state index contributed by atoms with van der Waals surface area (Å²) in [7, 11) is 0. The monoisotopic (exact) mass is 252 g/mol. The van der Waals surface area contributed by atoms with Crippen LogP contribution in [-0.2, 0) is 0 Å². The van der Waals surface area contributed by atoms with Crippen molar-refractivity contribution in [2.75, 3.05) is 16.8 Å². The summed E-state index contributed by atoms with van der Waals surface area (Å²) in [5.74, 6) is 3.37. The van der Waals surface area contributed by atoms with Crippen LogP contribution in [-0.4, -0.2) is 16.8 Å².